The molecule has 2 aromatic carbocycles. The molecular formula is C29H34BrN3O4. The van der Waals surface area contributed by atoms with Gasteiger partial charge in [0.25, 0.3) is 5.91 Å². The van der Waals surface area contributed by atoms with Crippen molar-refractivity contribution in [3.8, 4) is 17.2 Å². The van der Waals surface area contributed by atoms with Gasteiger partial charge in [-0.1, -0.05) is 38.3 Å². The molecule has 1 heterocycles. The summed E-state index contributed by atoms with van der Waals surface area (Å²) in [5.74, 6) is 1.67. The molecule has 0 spiro atoms. The second-order valence-electron chi connectivity index (χ2n) is 8.35. The number of halogens is 1. The molecule has 1 N–H and O–H groups in total. The fourth-order valence-corrected chi connectivity index (χ4v) is 4.18. The molecule has 3 rings (SSSR count). The van der Waals surface area contributed by atoms with Crippen LogP contribution in [0.2, 0.25) is 0 Å². The van der Waals surface area contributed by atoms with Crippen molar-refractivity contribution in [3.05, 3.63) is 82.1 Å². The lowest BCUT2D eigenvalue weighted by Gasteiger charge is -2.15. The molecule has 1 aromatic heterocycles. The fourth-order valence-electron chi connectivity index (χ4n) is 3.61. The van der Waals surface area contributed by atoms with Gasteiger partial charge in [0.1, 0.15) is 19.0 Å². The van der Waals surface area contributed by atoms with Crippen molar-refractivity contribution in [2.45, 2.75) is 46.0 Å². The van der Waals surface area contributed by atoms with E-state index in [0.717, 1.165) is 17.7 Å². The Morgan fingerprint density at radius 1 is 0.973 bits per heavy atom. The van der Waals surface area contributed by atoms with Crippen LogP contribution in [0.1, 0.15) is 61.0 Å². The molecule has 196 valence electrons. The van der Waals surface area contributed by atoms with E-state index in [-0.39, 0.29) is 5.91 Å². The summed E-state index contributed by atoms with van der Waals surface area (Å²) in [7, 11) is 0. The van der Waals surface area contributed by atoms with E-state index in [0.29, 0.717) is 41.4 Å². The van der Waals surface area contributed by atoms with E-state index in [2.05, 4.69) is 50.5 Å². The quantitative estimate of drug-likeness (QED) is 0.127. The van der Waals surface area contributed by atoms with Crippen molar-refractivity contribution in [2.75, 3.05) is 19.8 Å². The lowest BCUT2D eigenvalue weighted by atomic mass is 10.1. The number of nitrogens with zero attached hydrogens (tertiary/aromatic N) is 2. The minimum absolute atomic E-state index is 0.315. The van der Waals surface area contributed by atoms with Gasteiger partial charge in [0.05, 0.1) is 17.3 Å². The van der Waals surface area contributed by atoms with E-state index in [4.69, 9.17) is 14.2 Å². The molecule has 0 bridgehead atoms. The van der Waals surface area contributed by atoms with Gasteiger partial charge in [-0.25, -0.2) is 5.43 Å². The van der Waals surface area contributed by atoms with Gasteiger partial charge in [-0.2, -0.15) is 5.10 Å². The van der Waals surface area contributed by atoms with Crippen LogP contribution in [0.4, 0.5) is 0 Å². The Bertz CT molecular complexity index is 1140. The normalized spacial score (nSPS) is 10.9. The minimum atomic E-state index is -0.315. The summed E-state index contributed by atoms with van der Waals surface area (Å²) in [5.41, 5.74) is 5.06. The summed E-state index contributed by atoms with van der Waals surface area (Å²) < 4.78 is 18.3. The van der Waals surface area contributed by atoms with Crippen molar-refractivity contribution in [1.82, 2.24) is 10.4 Å². The smallest absolute Gasteiger partial charge is 0.271 e. The van der Waals surface area contributed by atoms with Crippen molar-refractivity contribution in [2.24, 2.45) is 5.10 Å². The van der Waals surface area contributed by atoms with Gasteiger partial charge in [-0.15, -0.1) is 0 Å². The van der Waals surface area contributed by atoms with Gasteiger partial charge >= 0.3 is 0 Å². The maximum Gasteiger partial charge on any atom is 0.271 e. The molecule has 0 aliphatic rings. The Kier molecular flexibility index (Phi) is 11.9. The SMILES string of the molecule is CCCCCCc1ccc(OCCOc2c(Br)cc(/C=N/NC(=O)c3ccncc3)cc2OCC)cc1. The third-order valence-electron chi connectivity index (χ3n) is 5.49. The molecule has 0 unspecified atom stereocenters. The van der Waals surface area contributed by atoms with Crippen molar-refractivity contribution < 1.29 is 19.0 Å². The topological polar surface area (TPSA) is 82.0 Å². The van der Waals surface area contributed by atoms with E-state index in [9.17, 15) is 4.79 Å². The second kappa shape index (κ2) is 15.7. The molecule has 0 atom stereocenters. The summed E-state index contributed by atoms with van der Waals surface area (Å²) in [4.78, 5) is 16.0. The van der Waals surface area contributed by atoms with Crippen LogP contribution in [-0.2, 0) is 6.42 Å². The molecule has 0 aliphatic heterocycles. The molecule has 37 heavy (non-hydrogen) atoms. The number of rotatable bonds is 15. The van der Waals surface area contributed by atoms with Crippen LogP contribution < -0.4 is 19.6 Å². The first kappa shape index (κ1) is 28.2. The number of benzene rings is 2. The van der Waals surface area contributed by atoms with Crippen LogP contribution >= 0.6 is 15.9 Å². The molecule has 0 radical (unpaired) electrons. The van der Waals surface area contributed by atoms with Crippen LogP contribution in [-0.4, -0.2) is 36.9 Å². The first-order valence-corrected chi connectivity index (χ1v) is 13.4. The van der Waals surface area contributed by atoms with E-state index in [1.165, 1.54) is 31.2 Å². The number of pyridine rings is 1. The average molecular weight is 569 g/mol. The molecule has 7 nitrogen and oxygen atoms in total. The third-order valence-corrected chi connectivity index (χ3v) is 6.08. The Labute approximate surface area is 227 Å². The monoisotopic (exact) mass is 567 g/mol. The van der Waals surface area contributed by atoms with Crippen LogP contribution in [0.15, 0.2) is 70.5 Å². The molecule has 3 aromatic rings. The van der Waals surface area contributed by atoms with Crippen LogP contribution in [0.3, 0.4) is 0 Å². The van der Waals surface area contributed by atoms with Crippen LogP contribution in [0, 0.1) is 0 Å². The predicted molar refractivity (Wildman–Crippen MR) is 150 cm³/mol. The number of amides is 1. The third kappa shape index (κ3) is 9.53. The predicted octanol–water partition coefficient (Wildman–Crippen LogP) is 6.59. The number of nitrogens with one attached hydrogen (secondary N) is 1. The van der Waals surface area contributed by atoms with Gasteiger partial charge in [-0.05, 0) is 83.2 Å². The Balaban J connectivity index is 1.51. The van der Waals surface area contributed by atoms with Crippen molar-refractivity contribution >= 4 is 28.1 Å². The molecule has 0 saturated heterocycles. The van der Waals surface area contributed by atoms with Crippen molar-refractivity contribution in [1.29, 1.82) is 0 Å². The van der Waals surface area contributed by atoms with Gasteiger partial charge in [0.2, 0.25) is 0 Å². The minimum Gasteiger partial charge on any atom is -0.490 e. The summed E-state index contributed by atoms with van der Waals surface area (Å²) >= 11 is 3.56. The molecule has 0 aliphatic carbocycles. The standard InChI is InChI=1S/C29H34BrN3O4/c1-3-5-6-7-8-22-9-11-25(12-10-22)36-17-18-37-28-26(30)19-23(20-27(28)35-4-2)21-32-33-29(34)24-13-15-31-16-14-24/h9-16,19-21H,3-8,17-18H2,1-2H3,(H,33,34)/b32-21+. The van der Waals surface area contributed by atoms with E-state index in [1.54, 1.807) is 30.7 Å². The number of carbonyl (C=O) groups is 1. The second-order valence-corrected chi connectivity index (χ2v) is 9.20. The van der Waals surface area contributed by atoms with E-state index < -0.39 is 0 Å². The Morgan fingerprint density at radius 3 is 2.46 bits per heavy atom. The fraction of sp³-hybridized carbons (Fsp3) is 0.345. The zero-order valence-corrected chi connectivity index (χ0v) is 23.0. The Hall–Kier alpha value is -3.39. The lowest BCUT2D eigenvalue weighted by Crippen LogP contribution is -2.17. The molecule has 8 heteroatoms. The zero-order valence-electron chi connectivity index (χ0n) is 21.4. The number of aryl methyl sites for hydroxylation is 1. The molecule has 0 saturated carbocycles. The van der Waals surface area contributed by atoms with Gasteiger partial charge in [0.15, 0.2) is 11.5 Å². The van der Waals surface area contributed by atoms with E-state index in [1.807, 2.05) is 31.2 Å². The number of unbranched alkanes of at least 4 members (excludes halogenated alkanes) is 3. The largest absolute Gasteiger partial charge is 0.490 e. The highest BCUT2D eigenvalue weighted by atomic mass is 79.9. The number of hydrogen-bond acceptors (Lipinski definition) is 6. The highest BCUT2D eigenvalue weighted by molar-refractivity contribution is 9.10. The average Bonchev–Trinajstić information content (AvgIpc) is 2.91. The van der Waals surface area contributed by atoms with Crippen LogP contribution in [0.5, 0.6) is 17.2 Å². The number of ether oxygens (including phenoxy) is 3. The maximum atomic E-state index is 12.1. The van der Waals surface area contributed by atoms with Gasteiger partial charge < -0.3 is 14.2 Å². The van der Waals surface area contributed by atoms with E-state index >= 15 is 0 Å². The lowest BCUT2D eigenvalue weighted by molar-refractivity contribution is 0.0955. The van der Waals surface area contributed by atoms with Crippen molar-refractivity contribution in [3.63, 3.8) is 0 Å². The number of hydrazone groups is 1. The molecule has 1 amide bonds. The van der Waals surface area contributed by atoms with Gasteiger partial charge in [0, 0.05) is 18.0 Å². The highest BCUT2D eigenvalue weighted by Gasteiger charge is 2.12. The van der Waals surface area contributed by atoms with Gasteiger partial charge in [-0.3, -0.25) is 9.78 Å². The number of carbonyl (C=O) groups excluding carboxylic acids is 1. The maximum absolute atomic E-state index is 12.1. The summed E-state index contributed by atoms with van der Waals surface area (Å²) in [6, 6.07) is 15.2. The first-order chi connectivity index (χ1) is 18.1. The molecule has 0 fully saturated rings. The summed E-state index contributed by atoms with van der Waals surface area (Å²) in [5, 5.41) is 4.05. The number of aromatic nitrogens is 1. The Morgan fingerprint density at radius 2 is 1.73 bits per heavy atom. The number of hydrogen-bond donors (Lipinski definition) is 1. The summed E-state index contributed by atoms with van der Waals surface area (Å²) in [6.45, 7) is 5.37. The summed E-state index contributed by atoms with van der Waals surface area (Å²) in [6.07, 6.45) is 10.8. The van der Waals surface area contributed by atoms with Crippen LogP contribution in [0.25, 0.3) is 0 Å². The molecular weight excluding hydrogens is 534 g/mol. The first-order valence-electron chi connectivity index (χ1n) is 12.6. The highest BCUT2D eigenvalue weighted by Crippen LogP contribution is 2.36. The zero-order chi connectivity index (χ0) is 26.3.